The Kier molecular flexibility index (Phi) is 4.33. The van der Waals surface area contributed by atoms with Crippen LogP contribution in [0.1, 0.15) is 23.0 Å². The van der Waals surface area contributed by atoms with Crippen molar-refractivity contribution >= 4 is 33.4 Å². The van der Waals surface area contributed by atoms with Crippen LogP contribution in [0.5, 0.6) is 0 Å². The van der Waals surface area contributed by atoms with Gasteiger partial charge in [0.15, 0.2) is 10.9 Å². The van der Waals surface area contributed by atoms with E-state index in [4.69, 9.17) is 4.42 Å². The Hall–Kier alpha value is -3.26. The first-order chi connectivity index (χ1) is 13.1. The van der Waals surface area contributed by atoms with Gasteiger partial charge >= 0.3 is 0 Å². The van der Waals surface area contributed by atoms with Gasteiger partial charge < -0.3 is 8.98 Å². The molecule has 7 nitrogen and oxygen atoms in total. The van der Waals surface area contributed by atoms with Crippen LogP contribution in [-0.2, 0) is 6.54 Å². The van der Waals surface area contributed by atoms with E-state index in [0.29, 0.717) is 34.2 Å². The summed E-state index contributed by atoms with van der Waals surface area (Å²) in [6, 6.07) is 7.03. The van der Waals surface area contributed by atoms with E-state index in [-0.39, 0.29) is 11.0 Å². The van der Waals surface area contributed by atoms with Gasteiger partial charge in [-0.05, 0) is 38.1 Å². The molecule has 0 bridgehead atoms. The van der Waals surface area contributed by atoms with Crippen LogP contribution in [0.3, 0.4) is 0 Å². The summed E-state index contributed by atoms with van der Waals surface area (Å²) in [6.45, 7) is 4.39. The lowest BCUT2D eigenvalue weighted by Crippen LogP contribution is -2.24. The molecule has 0 aliphatic carbocycles. The predicted octanol–water partition coefficient (Wildman–Crippen LogP) is 3.69. The van der Waals surface area contributed by atoms with Gasteiger partial charge in [-0.3, -0.25) is 14.9 Å². The Balaban J connectivity index is 1.70. The number of fused-ring (bicyclic) bond motifs is 1. The number of hydrogen-bond acceptors (Lipinski definition) is 6. The number of rotatable bonds is 4. The molecule has 0 unspecified atom stereocenters. The van der Waals surface area contributed by atoms with Gasteiger partial charge in [0.25, 0.3) is 5.91 Å². The van der Waals surface area contributed by atoms with Crippen molar-refractivity contribution in [3.05, 3.63) is 63.6 Å². The van der Waals surface area contributed by atoms with Gasteiger partial charge in [0.2, 0.25) is 5.43 Å². The molecule has 0 spiro atoms. The van der Waals surface area contributed by atoms with Gasteiger partial charge in [-0.2, -0.15) is 0 Å². The fourth-order valence-corrected chi connectivity index (χ4v) is 3.49. The molecule has 1 N–H and O–H groups in total. The molecule has 136 valence electrons. The van der Waals surface area contributed by atoms with Crippen LogP contribution in [0.2, 0.25) is 0 Å². The van der Waals surface area contributed by atoms with Gasteiger partial charge in [0, 0.05) is 23.8 Å². The van der Waals surface area contributed by atoms with E-state index in [9.17, 15) is 9.59 Å². The van der Waals surface area contributed by atoms with Crippen LogP contribution < -0.4 is 10.7 Å². The summed E-state index contributed by atoms with van der Waals surface area (Å²) in [7, 11) is 0. The number of anilines is 1. The molecule has 4 heterocycles. The molecule has 0 aromatic carbocycles. The zero-order chi connectivity index (χ0) is 19.0. The van der Waals surface area contributed by atoms with Gasteiger partial charge in [0.05, 0.1) is 11.6 Å². The largest absolute Gasteiger partial charge is 0.463 e. The second-order valence-corrected chi connectivity index (χ2v) is 6.81. The molecule has 0 radical (unpaired) electrons. The molecule has 27 heavy (non-hydrogen) atoms. The number of nitrogens with zero attached hydrogens (tertiary/aromatic N) is 3. The van der Waals surface area contributed by atoms with Gasteiger partial charge in [-0.15, -0.1) is 11.3 Å². The fraction of sp³-hybridized carbons (Fsp3) is 0.158. The first-order valence-electron chi connectivity index (χ1n) is 8.38. The SMILES string of the molecule is CCn1cc(C(=O)Nc2nc(-c3ccco3)cs2)c(=O)c2ccc(C)nc21. The molecule has 8 heteroatoms. The van der Waals surface area contributed by atoms with E-state index in [1.165, 1.54) is 11.3 Å². The van der Waals surface area contributed by atoms with Crippen LogP contribution in [0.4, 0.5) is 5.13 Å². The van der Waals surface area contributed by atoms with Crippen LogP contribution >= 0.6 is 11.3 Å². The third-order valence-corrected chi connectivity index (χ3v) is 4.90. The topological polar surface area (TPSA) is 90.0 Å². The third kappa shape index (κ3) is 3.15. The first-order valence-corrected chi connectivity index (χ1v) is 9.26. The Labute approximate surface area is 158 Å². The van der Waals surface area contributed by atoms with Crippen molar-refractivity contribution < 1.29 is 9.21 Å². The Morgan fingerprint density at radius 1 is 1.30 bits per heavy atom. The van der Waals surface area contributed by atoms with Gasteiger partial charge in [-0.1, -0.05) is 0 Å². The number of carbonyl (C=O) groups excluding carboxylic acids is 1. The Morgan fingerprint density at radius 2 is 2.15 bits per heavy atom. The number of carbonyl (C=O) groups is 1. The van der Waals surface area contributed by atoms with Crippen LogP contribution in [-0.4, -0.2) is 20.4 Å². The van der Waals surface area contributed by atoms with Gasteiger partial charge in [0.1, 0.15) is 16.9 Å². The average molecular weight is 380 g/mol. The quantitative estimate of drug-likeness (QED) is 0.583. The van der Waals surface area contributed by atoms with E-state index < -0.39 is 5.91 Å². The molecule has 0 aliphatic heterocycles. The molecule has 0 fully saturated rings. The molecule has 4 aromatic rings. The van der Waals surface area contributed by atoms with Crippen LogP contribution in [0.25, 0.3) is 22.5 Å². The van der Waals surface area contributed by atoms with Crippen molar-refractivity contribution in [2.24, 2.45) is 0 Å². The highest BCUT2D eigenvalue weighted by Crippen LogP contribution is 2.25. The van der Waals surface area contributed by atoms with E-state index in [1.807, 2.05) is 13.8 Å². The highest BCUT2D eigenvalue weighted by molar-refractivity contribution is 7.14. The maximum absolute atomic E-state index is 12.8. The lowest BCUT2D eigenvalue weighted by molar-refractivity contribution is 0.102. The number of amides is 1. The van der Waals surface area contributed by atoms with E-state index in [2.05, 4.69) is 15.3 Å². The molecule has 0 saturated heterocycles. The lowest BCUT2D eigenvalue weighted by Gasteiger charge is -2.11. The molecule has 0 atom stereocenters. The minimum Gasteiger partial charge on any atom is -0.463 e. The highest BCUT2D eigenvalue weighted by Gasteiger charge is 2.18. The minimum absolute atomic E-state index is 0.0600. The monoisotopic (exact) mass is 380 g/mol. The zero-order valence-electron chi connectivity index (χ0n) is 14.7. The molecule has 0 saturated carbocycles. The average Bonchev–Trinajstić information content (AvgIpc) is 3.33. The Morgan fingerprint density at radius 3 is 2.89 bits per heavy atom. The minimum atomic E-state index is -0.495. The standard InChI is InChI=1S/C19H16N4O3S/c1-3-23-9-13(16(24)12-7-6-11(2)20-17(12)23)18(25)22-19-21-14(10-27-19)15-5-4-8-26-15/h4-10H,3H2,1-2H3,(H,21,22,25). The van der Waals surface area contributed by atoms with Crippen LogP contribution in [0, 0.1) is 6.92 Å². The number of furan rings is 1. The molecule has 4 aromatic heterocycles. The van der Waals surface area contributed by atoms with E-state index in [0.717, 1.165) is 5.69 Å². The molecule has 0 aliphatic rings. The summed E-state index contributed by atoms with van der Waals surface area (Å²) in [4.78, 5) is 34.3. The van der Waals surface area contributed by atoms with E-state index >= 15 is 0 Å². The number of nitrogens with one attached hydrogen (secondary N) is 1. The first kappa shape index (κ1) is 17.2. The van der Waals surface area contributed by atoms with Crippen molar-refractivity contribution in [2.75, 3.05) is 5.32 Å². The Bertz CT molecular complexity index is 1190. The number of aryl methyl sites for hydroxylation is 2. The maximum Gasteiger partial charge on any atom is 0.262 e. The molecule has 1 amide bonds. The summed E-state index contributed by atoms with van der Waals surface area (Å²) in [5, 5.41) is 5.31. The fourth-order valence-electron chi connectivity index (χ4n) is 2.80. The van der Waals surface area contributed by atoms with Crippen molar-refractivity contribution in [1.29, 1.82) is 0 Å². The third-order valence-electron chi connectivity index (χ3n) is 4.14. The number of pyridine rings is 2. The summed E-state index contributed by atoms with van der Waals surface area (Å²) >= 11 is 1.27. The predicted molar refractivity (Wildman–Crippen MR) is 104 cm³/mol. The second-order valence-electron chi connectivity index (χ2n) is 5.95. The number of hydrogen-bond donors (Lipinski definition) is 1. The van der Waals surface area contributed by atoms with Crippen molar-refractivity contribution in [2.45, 2.75) is 20.4 Å². The summed E-state index contributed by atoms with van der Waals surface area (Å²) in [5.41, 5.74) is 1.74. The summed E-state index contributed by atoms with van der Waals surface area (Å²) in [6.07, 6.45) is 3.11. The maximum atomic E-state index is 12.8. The highest BCUT2D eigenvalue weighted by atomic mass is 32.1. The van der Waals surface area contributed by atoms with Crippen molar-refractivity contribution in [3.8, 4) is 11.5 Å². The van der Waals surface area contributed by atoms with Crippen LogP contribution in [0.15, 0.2) is 51.3 Å². The smallest absolute Gasteiger partial charge is 0.262 e. The summed E-state index contributed by atoms with van der Waals surface area (Å²) < 4.78 is 7.10. The second kappa shape index (κ2) is 6.81. The number of thiazole rings is 1. The van der Waals surface area contributed by atoms with Gasteiger partial charge in [-0.25, -0.2) is 9.97 Å². The number of aromatic nitrogens is 3. The molecular weight excluding hydrogens is 364 g/mol. The molecule has 4 rings (SSSR count). The lowest BCUT2D eigenvalue weighted by atomic mass is 10.1. The van der Waals surface area contributed by atoms with Crippen molar-refractivity contribution in [1.82, 2.24) is 14.5 Å². The summed E-state index contributed by atoms with van der Waals surface area (Å²) in [5.74, 6) is 0.122. The van der Waals surface area contributed by atoms with E-state index in [1.54, 1.807) is 46.7 Å². The van der Waals surface area contributed by atoms with Crippen molar-refractivity contribution in [3.63, 3.8) is 0 Å². The zero-order valence-corrected chi connectivity index (χ0v) is 15.5. The normalized spacial score (nSPS) is 11.0. The molecular formula is C19H16N4O3S.